The van der Waals surface area contributed by atoms with Gasteiger partial charge in [-0.2, -0.15) is 10.2 Å². The van der Waals surface area contributed by atoms with E-state index in [9.17, 15) is 9.59 Å². The molecule has 0 unspecified atom stereocenters. The standard InChI is InChI=1S/C22H18Cl2N6O3/c1-14-20(21(24)29(28-14)10-15-5-3-2-4-6-15)22(32)33-11-19(31)27-17-9-16(23)7-8-18(17)30-13-25-12-26-30/h2-9,12-13H,10-11H2,1H3,(H,27,31). The SMILES string of the molecule is Cc1nn(Cc2ccccc2)c(Cl)c1C(=O)OCC(=O)Nc1cc(Cl)ccc1-n1cncn1. The Bertz CT molecular complexity index is 1290. The molecule has 4 aromatic rings. The minimum Gasteiger partial charge on any atom is -0.452 e. The fraction of sp³-hybridized carbons (Fsp3) is 0.136. The van der Waals surface area contributed by atoms with Crippen LogP contribution in [0.5, 0.6) is 0 Å². The van der Waals surface area contributed by atoms with Crippen LogP contribution < -0.4 is 5.32 Å². The number of ether oxygens (including phenoxy) is 1. The second-order valence-corrected chi connectivity index (χ2v) is 7.81. The van der Waals surface area contributed by atoms with Gasteiger partial charge < -0.3 is 10.1 Å². The summed E-state index contributed by atoms with van der Waals surface area (Å²) in [6.07, 6.45) is 2.85. The van der Waals surface area contributed by atoms with Gasteiger partial charge in [-0.1, -0.05) is 53.5 Å². The highest BCUT2D eigenvalue weighted by Crippen LogP contribution is 2.24. The Kier molecular flexibility index (Phi) is 6.71. The van der Waals surface area contributed by atoms with E-state index in [4.69, 9.17) is 27.9 Å². The molecule has 0 bridgehead atoms. The molecular formula is C22H18Cl2N6O3. The quantitative estimate of drug-likeness (QED) is 0.398. The highest BCUT2D eigenvalue weighted by molar-refractivity contribution is 6.32. The molecule has 168 valence electrons. The van der Waals surface area contributed by atoms with Crippen molar-refractivity contribution >= 4 is 40.8 Å². The van der Waals surface area contributed by atoms with Gasteiger partial charge >= 0.3 is 5.97 Å². The minimum absolute atomic E-state index is 0.117. The van der Waals surface area contributed by atoms with Crippen LogP contribution in [0.3, 0.4) is 0 Å². The van der Waals surface area contributed by atoms with Crippen LogP contribution in [-0.2, 0) is 16.1 Å². The second-order valence-electron chi connectivity index (χ2n) is 7.02. The zero-order chi connectivity index (χ0) is 23.4. The number of rotatable bonds is 7. The summed E-state index contributed by atoms with van der Waals surface area (Å²) >= 11 is 12.4. The Labute approximate surface area is 198 Å². The van der Waals surface area contributed by atoms with E-state index in [0.29, 0.717) is 28.6 Å². The molecule has 2 aromatic heterocycles. The lowest BCUT2D eigenvalue weighted by Gasteiger charge is -2.11. The Morgan fingerprint density at radius 2 is 1.91 bits per heavy atom. The van der Waals surface area contributed by atoms with Crippen molar-refractivity contribution in [3.8, 4) is 5.69 Å². The first-order chi connectivity index (χ1) is 15.9. The average Bonchev–Trinajstić information content (AvgIpc) is 3.41. The number of carbonyl (C=O) groups is 2. The molecule has 11 heteroatoms. The molecule has 0 atom stereocenters. The molecule has 0 aliphatic carbocycles. The smallest absolute Gasteiger partial charge is 0.343 e. The summed E-state index contributed by atoms with van der Waals surface area (Å²) < 4.78 is 8.18. The van der Waals surface area contributed by atoms with Crippen molar-refractivity contribution < 1.29 is 14.3 Å². The minimum atomic E-state index is -0.741. The summed E-state index contributed by atoms with van der Waals surface area (Å²) in [6, 6.07) is 14.5. The average molecular weight is 485 g/mol. The molecule has 9 nitrogen and oxygen atoms in total. The maximum absolute atomic E-state index is 12.6. The largest absolute Gasteiger partial charge is 0.452 e. The third-order valence-corrected chi connectivity index (χ3v) is 5.30. The zero-order valence-corrected chi connectivity index (χ0v) is 18.9. The maximum Gasteiger partial charge on any atom is 0.343 e. The highest BCUT2D eigenvalue weighted by atomic mass is 35.5. The molecule has 0 fully saturated rings. The van der Waals surface area contributed by atoms with E-state index in [2.05, 4.69) is 20.5 Å². The molecule has 4 rings (SSSR count). The van der Waals surface area contributed by atoms with Crippen LogP contribution >= 0.6 is 23.2 Å². The Balaban J connectivity index is 1.43. The van der Waals surface area contributed by atoms with Gasteiger partial charge in [0.05, 0.1) is 23.6 Å². The van der Waals surface area contributed by atoms with Crippen molar-refractivity contribution in [2.24, 2.45) is 0 Å². The summed E-state index contributed by atoms with van der Waals surface area (Å²) in [7, 11) is 0. The van der Waals surface area contributed by atoms with Crippen molar-refractivity contribution in [2.45, 2.75) is 13.5 Å². The first-order valence-electron chi connectivity index (χ1n) is 9.80. The van der Waals surface area contributed by atoms with Gasteiger partial charge in [0, 0.05) is 5.02 Å². The van der Waals surface area contributed by atoms with Crippen LogP contribution in [0, 0.1) is 6.92 Å². The van der Waals surface area contributed by atoms with E-state index >= 15 is 0 Å². The summed E-state index contributed by atoms with van der Waals surface area (Å²) in [5, 5.41) is 11.6. The van der Waals surface area contributed by atoms with Crippen LogP contribution in [0.2, 0.25) is 10.2 Å². The second kappa shape index (κ2) is 9.85. The summed E-state index contributed by atoms with van der Waals surface area (Å²) in [6.45, 7) is 1.52. The molecule has 1 amide bonds. The normalized spacial score (nSPS) is 10.8. The molecule has 1 N–H and O–H groups in total. The van der Waals surface area contributed by atoms with Gasteiger partial charge in [0.2, 0.25) is 0 Å². The number of nitrogens with one attached hydrogen (secondary N) is 1. The Morgan fingerprint density at radius 3 is 2.64 bits per heavy atom. The molecule has 0 aliphatic rings. The number of hydrogen-bond acceptors (Lipinski definition) is 6. The number of benzene rings is 2. The van der Waals surface area contributed by atoms with E-state index in [1.807, 2.05) is 30.3 Å². The first kappa shape index (κ1) is 22.5. The number of aromatic nitrogens is 5. The summed E-state index contributed by atoms with van der Waals surface area (Å²) in [5.74, 6) is -1.30. The van der Waals surface area contributed by atoms with Crippen molar-refractivity contribution in [3.05, 3.63) is 88.2 Å². The van der Waals surface area contributed by atoms with Crippen LogP contribution in [0.1, 0.15) is 21.6 Å². The molecule has 0 aliphatic heterocycles. The van der Waals surface area contributed by atoms with Crippen LogP contribution in [-0.4, -0.2) is 43.0 Å². The number of esters is 1. The van der Waals surface area contributed by atoms with E-state index in [1.54, 1.807) is 25.1 Å². The van der Waals surface area contributed by atoms with Gasteiger partial charge in [-0.15, -0.1) is 0 Å². The lowest BCUT2D eigenvalue weighted by Crippen LogP contribution is -2.22. The topological polar surface area (TPSA) is 104 Å². The maximum atomic E-state index is 12.6. The molecular weight excluding hydrogens is 467 g/mol. The summed E-state index contributed by atoms with van der Waals surface area (Å²) in [4.78, 5) is 29.0. The predicted octanol–water partition coefficient (Wildman–Crippen LogP) is 3.92. The van der Waals surface area contributed by atoms with Crippen molar-refractivity contribution in [2.75, 3.05) is 11.9 Å². The van der Waals surface area contributed by atoms with Gasteiger partial charge in [0.25, 0.3) is 5.91 Å². The van der Waals surface area contributed by atoms with Gasteiger partial charge in [0.15, 0.2) is 6.61 Å². The first-order valence-corrected chi connectivity index (χ1v) is 10.6. The van der Waals surface area contributed by atoms with E-state index in [1.165, 1.54) is 22.0 Å². The Morgan fingerprint density at radius 1 is 1.12 bits per heavy atom. The lowest BCUT2D eigenvalue weighted by molar-refractivity contribution is -0.119. The van der Waals surface area contributed by atoms with Gasteiger partial charge in [-0.3, -0.25) is 4.79 Å². The molecule has 0 radical (unpaired) electrons. The zero-order valence-electron chi connectivity index (χ0n) is 17.4. The van der Waals surface area contributed by atoms with E-state index < -0.39 is 18.5 Å². The number of hydrogen-bond donors (Lipinski definition) is 1. The van der Waals surface area contributed by atoms with Gasteiger partial charge in [-0.25, -0.2) is 19.1 Å². The van der Waals surface area contributed by atoms with Gasteiger partial charge in [0.1, 0.15) is 23.4 Å². The molecule has 0 spiro atoms. The van der Waals surface area contributed by atoms with E-state index in [-0.39, 0.29) is 10.7 Å². The number of halogens is 2. The number of anilines is 1. The van der Waals surface area contributed by atoms with Crippen molar-refractivity contribution in [3.63, 3.8) is 0 Å². The molecule has 0 saturated heterocycles. The molecule has 2 heterocycles. The fourth-order valence-electron chi connectivity index (χ4n) is 3.18. The molecule has 2 aromatic carbocycles. The molecule has 33 heavy (non-hydrogen) atoms. The number of carbonyl (C=O) groups excluding carboxylic acids is 2. The number of aryl methyl sites for hydroxylation is 1. The third kappa shape index (κ3) is 5.21. The van der Waals surface area contributed by atoms with Gasteiger partial charge in [-0.05, 0) is 30.7 Å². The number of amides is 1. The van der Waals surface area contributed by atoms with Crippen molar-refractivity contribution in [1.82, 2.24) is 24.5 Å². The van der Waals surface area contributed by atoms with Crippen molar-refractivity contribution in [1.29, 1.82) is 0 Å². The highest BCUT2D eigenvalue weighted by Gasteiger charge is 2.23. The molecule has 0 saturated carbocycles. The number of nitrogens with zero attached hydrogens (tertiary/aromatic N) is 5. The lowest BCUT2D eigenvalue weighted by atomic mass is 10.2. The predicted molar refractivity (Wildman–Crippen MR) is 123 cm³/mol. The van der Waals surface area contributed by atoms with Crippen LogP contribution in [0.15, 0.2) is 61.2 Å². The monoisotopic (exact) mass is 484 g/mol. The Hall–Kier alpha value is -3.69. The summed E-state index contributed by atoms with van der Waals surface area (Å²) in [5.41, 5.74) is 2.44. The fourth-order valence-corrected chi connectivity index (χ4v) is 3.66. The third-order valence-electron chi connectivity index (χ3n) is 4.68. The van der Waals surface area contributed by atoms with E-state index in [0.717, 1.165) is 5.56 Å². The van der Waals surface area contributed by atoms with Crippen LogP contribution in [0.25, 0.3) is 5.69 Å². The van der Waals surface area contributed by atoms with Crippen LogP contribution in [0.4, 0.5) is 5.69 Å².